The van der Waals surface area contributed by atoms with Crippen LogP contribution in [-0.2, 0) is 27.2 Å². The minimum Gasteiger partial charge on any atom is -0.457 e. The second-order valence-corrected chi connectivity index (χ2v) is 10.4. The summed E-state index contributed by atoms with van der Waals surface area (Å²) in [6.45, 7) is 4.77. The van der Waals surface area contributed by atoms with Gasteiger partial charge in [-0.25, -0.2) is 0 Å². The molecule has 0 radical (unpaired) electrons. The number of carbonyl (C=O) groups is 3. The van der Waals surface area contributed by atoms with E-state index in [-0.39, 0.29) is 23.6 Å². The van der Waals surface area contributed by atoms with Crippen molar-refractivity contribution in [3.05, 3.63) is 59.7 Å². The molecule has 2 fully saturated rings. The van der Waals surface area contributed by atoms with Crippen LogP contribution in [0.15, 0.2) is 48.5 Å². The van der Waals surface area contributed by atoms with Crippen LogP contribution >= 0.6 is 0 Å². The Morgan fingerprint density at radius 1 is 1.03 bits per heavy atom. The molecule has 3 amide bonds. The highest BCUT2D eigenvalue weighted by molar-refractivity contribution is 5.85. The van der Waals surface area contributed by atoms with Crippen LogP contribution < -0.4 is 10.1 Å². The molecule has 7 heteroatoms. The molecule has 2 saturated heterocycles. The first-order chi connectivity index (χ1) is 17.5. The fraction of sp³-hybridized carbons (Fsp3) is 0.483. The predicted octanol–water partition coefficient (Wildman–Crippen LogP) is 3.56. The highest BCUT2D eigenvalue weighted by Crippen LogP contribution is 2.38. The van der Waals surface area contributed by atoms with E-state index < -0.39 is 5.41 Å². The van der Waals surface area contributed by atoms with Crippen LogP contribution in [0, 0.1) is 11.3 Å². The van der Waals surface area contributed by atoms with Gasteiger partial charge in [-0.3, -0.25) is 14.4 Å². The van der Waals surface area contributed by atoms with E-state index in [4.69, 9.17) is 4.74 Å². The maximum Gasteiger partial charge on any atom is 0.227 e. The Morgan fingerprint density at radius 3 is 2.44 bits per heavy atom. The third-order valence-electron chi connectivity index (χ3n) is 8.02. The van der Waals surface area contributed by atoms with Crippen molar-refractivity contribution in [1.82, 2.24) is 15.1 Å². The maximum atomic E-state index is 13.6. The van der Waals surface area contributed by atoms with Gasteiger partial charge in [0, 0.05) is 39.1 Å². The van der Waals surface area contributed by atoms with E-state index in [9.17, 15) is 14.4 Å². The summed E-state index contributed by atoms with van der Waals surface area (Å²) in [6, 6.07) is 16.0. The van der Waals surface area contributed by atoms with Gasteiger partial charge in [-0.1, -0.05) is 24.3 Å². The molecule has 0 aliphatic carbocycles. The second kappa shape index (κ2) is 10.3. The molecule has 190 valence electrons. The summed E-state index contributed by atoms with van der Waals surface area (Å²) in [5.41, 5.74) is 1.60. The minimum absolute atomic E-state index is 0.0664. The van der Waals surface area contributed by atoms with Gasteiger partial charge in [0.2, 0.25) is 17.7 Å². The Kier molecular flexibility index (Phi) is 6.99. The van der Waals surface area contributed by atoms with Crippen LogP contribution in [0.25, 0.3) is 0 Å². The highest BCUT2D eigenvalue weighted by atomic mass is 16.5. The maximum absolute atomic E-state index is 13.6. The summed E-state index contributed by atoms with van der Waals surface area (Å²) < 4.78 is 6.13. The average molecular weight is 490 g/mol. The van der Waals surface area contributed by atoms with Crippen molar-refractivity contribution >= 4 is 17.7 Å². The average Bonchev–Trinajstić information content (AvgIpc) is 2.89. The number of nitrogens with one attached hydrogen (secondary N) is 1. The molecule has 2 aromatic carbocycles. The van der Waals surface area contributed by atoms with Crippen LogP contribution in [0.1, 0.15) is 43.7 Å². The molecule has 1 N–H and O–H groups in total. The van der Waals surface area contributed by atoms with Gasteiger partial charge >= 0.3 is 0 Å². The number of ether oxygens (including phenoxy) is 1. The molecule has 7 nitrogen and oxygen atoms in total. The smallest absolute Gasteiger partial charge is 0.227 e. The number of likely N-dealkylation sites (tertiary alicyclic amines) is 2. The van der Waals surface area contributed by atoms with Crippen molar-refractivity contribution in [3.8, 4) is 11.5 Å². The molecular weight excluding hydrogens is 454 g/mol. The zero-order chi connectivity index (χ0) is 25.1. The SMILES string of the molecule is CCN1CC(C(=O)N2CCC3(CC2)Cc2cccc(c2)Oc2cccc(c2)CCNC3=O)CCC1=O. The topological polar surface area (TPSA) is 79.0 Å². The van der Waals surface area contributed by atoms with Crippen LogP contribution in [-0.4, -0.2) is 60.2 Å². The first kappa shape index (κ1) is 24.3. The summed E-state index contributed by atoms with van der Waals surface area (Å²) in [6.07, 6.45) is 3.63. The molecule has 3 aliphatic heterocycles. The molecule has 2 aromatic rings. The molecule has 0 saturated carbocycles. The lowest BCUT2D eigenvalue weighted by atomic mass is 9.72. The van der Waals surface area contributed by atoms with Crippen molar-refractivity contribution in [3.63, 3.8) is 0 Å². The Labute approximate surface area is 212 Å². The van der Waals surface area contributed by atoms with Crippen molar-refractivity contribution < 1.29 is 19.1 Å². The molecule has 0 aromatic heterocycles. The molecule has 4 bridgehead atoms. The summed E-state index contributed by atoms with van der Waals surface area (Å²) in [5, 5.41) is 3.20. The Bertz CT molecular complexity index is 1140. The fourth-order valence-corrected chi connectivity index (χ4v) is 5.84. The van der Waals surface area contributed by atoms with Gasteiger partial charge in [0.25, 0.3) is 0 Å². The lowest BCUT2D eigenvalue weighted by Crippen LogP contribution is -2.54. The third kappa shape index (κ3) is 5.11. The summed E-state index contributed by atoms with van der Waals surface area (Å²) in [7, 11) is 0. The molecule has 5 rings (SSSR count). The molecule has 36 heavy (non-hydrogen) atoms. The van der Waals surface area contributed by atoms with Gasteiger partial charge in [-0.05, 0) is 74.4 Å². The number of fused-ring (bicyclic) bond motifs is 4. The van der Waals surface area contributed by atoms with E-state index in [0.29, 0.717) is 64.8 Å². The molecule has 3 heterocycles. The second-order valence-electron chi connectivity index (χ2n) is 10.4. The molecular formula is C29H35N3O4. The highest BCUT2D eigenvalue weighted by Gasteiger charge is 2.43. The van der Waals surface area contributed by atoms with Gasteiger partial charge in [-0.2, -0.15) is 0 Å². The van der Waals surface area contributed by atoms with E-state index in [1.165, 1.54) is 0 Å². The van der Waals surface area contributed by atoms with Crippen molar-refractivity contribution in [2.75, 3.05) is 32.7 Å². The number of nitrogens with zero attached hydrogens (tertiary/aromatic N) is 2. The van der Waals surface area contributed by atoms with Crippen molar-refractivity contribution in [2.45, 2.75) is 45.4 Å². The number of hydrogen-bond acceptors (Lipinski definition) is 4. The van der Waals surface area contributed by atoms with Gasteiger partial charge in [0.15, 0.2) is 0 Å². The van der Waals surface area contributed by atoms with Gasteiger partial charge in [-0.15, -0.1) is 0 Å². The minimum atomic E-state index is -0.569. The van der Waals surface area contributed by atoms with Crippen LogP contribution in [0.2, 0.25) is 0 Å². The summed E-state index contributed by atoms with van der Waals surface area (Å²) >= 11 is 0. The predicted molar refractivity (Wildman–Crippen MR) is 137 cm³/mol. The van der Waals surface area contributed by atoms with Gasteiger partial charge < -0.3 is 19.9 Å². The van der Waals surface area contributed by atoms with Crippen molar-refractivity contribution in [2.24, 2.45) is 11.3 Å². The Morgan fingerprint density at radius 2 is 1.72 bits per heavy atom. The van der Waals surface area contributed by atoms with E-state index in [1.807, 2.05) is 60.4 Å². The largest absolute Gasteiger partial charge is 0.457 e. The number of carbonyl (C=O) groups excluding carboxylic acids is 3. The first-order valence-electron chi connectivity index (χ1n) is 13.2. The van der Waals surface area contributed by atoms with E-state index in [2.05, 4.69) is 5.32 Å². The van der Waals surface area contributed by atoms with Gasteiger partial charge in [0.1, 0.15) is 11.5 Å². The molecule has 3 aliphatic rings. The molecule has 1 unspecified atom stereocenters. The standard InChI is InChI=1S/C29H35N3O4/c1-2-31-20-23(9-10-26(31)33)27(34)32-15-12-29(13-16-32)19-22-6-4-8-25(18-22)36-24-7-3-5-21(17-24)11-14-30-28(29)35/h3-8,17-18,23H,2,9-16,19-20H2,1H3,(H,30,35). The Hall–Kier alpha value is -3.35. The number of amides is 3. The van der Waals surface area contributed by atoms with Crippen LogP contribution in [0.3, 0.4) is 0 Å². The van der Waals surface area contributed by atoms with E-state index >= 15 is 0 Å². The van der Waals surface area contributed by atoms with Crippen molar-refractivity contribution in [1.29, 1.82) is 0 Å². The molecule has 1 spiro atoms. The Balaban J connectivity index is 1.33. The normalized spacial score (nSPS) is 22.1. The number of rotatable bonds is 2. The number of hydrogen-bond donors (Lipinski definition) is 1. The zero-order valence-corrected chi connectivity index (χ0v) is 21.0. The monoisotopic (exact) mass is 489 g/mol. The summed E-state index contributed by atoms with van der Waals surface area (Å²) in [4.78, 5) is 42.7. The fourth-order valence-electron chi connectivity index (χ4n) is 5.84. The van der Waals surface area contributed by atoms with Gasteiger partial charge in [0.05, 0.1) is 11.3 Å². The summed E-state index contributed by atoms with van der Waals surface area (Å²) in [5.74, 6) is 1.74. The van der Waals surface area contributed by atoms with Crippen LogP contribution in [0.4, 0.5) is 0 Å². The zero-order valence-electron chi connectivity index (χ0n) is 21.0. The first-order valence-corrected chi connectivity index (χ1v) is 13.2. The molecule has 1 atom stereocenters. The van der Waals surface area contributed by atoms with E-state index in [0.717, 1.165) is 29.0 Å². The third-order valence-corrected chi connectivity index (χ3v) is 8.02. The van der Waals surface area contributed by atoms with Crippen LogP contribution in [0.5, 0.6) is 11.5 Å². The number of benzene rings is 2. The van der Waals surface area contributed by atoms with E-state index in [1.54, 1.807) is 4.90 Å². The number of piperidine rings is 2. The quantitative estimate of drug-likeness (QED) is 0.700. The lowest BCUT2D eigenvalue weighted by molar-refractivity contribution is -0.147. The lowest BCUT2D eigenvalue weighted by Gasteiger charge is -2.42.